The predicted octanol–water partition coefficient (Wildman–Crippen LogP) is 4.77. The smallest absolute Gasteiger partial charge is 0.260 e. The fraction of sp³-hybridized carbons (Fsp3) is 0.217. The van der Waals surface area contributed by atoms with Gasteiger partial charge in [0.25, 0.3) is 5.91 Å². The summed E-state index contributed by atoms with van der Waals surface area (Å²) in [5, 5.41) is 12.4. The third kappa shape index (κ3) is 3.02. The average molecular weight is 406 g/mol. The van der Waals surface area contributed by atoms with Gasteiger partial charge in [0.2, 0.25) is 0 Å². The van der Waals surface area contributed by atoms with E-state index in [1.54, 1.807) is 12.5 Å². The van der Waals surface area contributed by atoms with Crippen LogP contribution in [0.25, 0.3) is 11.1 Å². The van der Waals surface area contributed by atoms with Crippen LogP contribution in [-0.2, 0) is 16.9 Å². The van der Waals surface area contributed by atoms with E-state index in [1.807, 2.05) is 54.6 Å². The lowest BCUT2D eigenvalue weighted by atomic mass is 9.83. The van der Waals surface area contributed by atoms with Gasteiger partial charge in [0.05, 0.1) is 19.1 Å². The van der Waals surface area contributed by atoms with Gasteiger partial charge >= 0.3 is 0 Å². The lowest BCUT2D eigenvalue weighted by Crippen LogP contribution is -2.46. The lowest BCUT2D eigenvalue weighted by Gasteiger charge is -2.28. The SMILES string of the molecule is N=C1NC(c2cccc(-c3cccc(Cl)c3)c2)(C2CC2)C(=O)N1Cc1ccoc1. The van der Waals surface area contributed by atoms with E-state index in [2.05, 4.69) is 5.32 Å². The average Bonchev–Trinajstić information content (AvgIpc) is 3.39. The molecule has 0 spiro atoms. The number of carbonyl (C=O) groups is 1. The number of carbonyl (C=O) groups excluding carboxylic acids is 1. The molecule has 29 heavy (non-hydrogen) atoms. The number of rotatable bonds is 5. The molecule has 2 heterocycles. The van der Waals surface area contributed by atoms with Crippen molar-refractivity contribution in [1.29, 1.82) is 5.41 Å². The zero-order valence-corrected chi connectivity index (χ0v) is 16.4. The van der Waals surface area contributed by atoms with Gasteiger partial charge in [-0.3, -0.25) is 15.1 Å². The number of hydrogen-bond acceptors (Lipinski definition) is 3. The molecule has 5 rings (SSSR count). The number of halogens is 1. The van der Waals surface area contributed by atoms with Gasteiger partial charge in [-0.25, -0.2) is 0 Å². The van der Waals surface area contributed by atoms with Crippen molar-refractivity contribution in [2.75, 3.05) is 0 Å². The Morgan fingerprint density at radius 1 is 1.14 bits per heavy atom. The van der Waals surface area contributed by atoms with Gasteiger partial charge in [-0.05, 0) is 59.7 Å². The van der Waals surface area contributed by atoms with Crippen molar-refractivity contribution >= 4 is 23.5 Å². The van der Waals surface area contributed by atoms with Crippen molar-refractivity contribution in [2.45, 2.75) is 24.9 Å². The van der Waals surface area contributed by atoms with Crippen LogP contribution >= 0.6 is 11.6 Å². The molecule has 2 aliphatic rings. The zero-order valence-electron chi connectivity index (χ0n) is 15.7. The number of benzene rings is 2. The molecule has 1 aliphatic carbocycles. The third-order valence-electron chi connectivity index (χ3n) is 5.75. The monoisotopic (exact) mass is 405 g/mol. The Morgan fingerprint density at radius 2 is 1.90 bits per heavy atom. The Labute approximate surface area is 173 Å². The maximum absolute atomic E-state index is 13.6. The van der Waals surface area contributed by atoms with Gasteiger partial charge in [-0.2, -0.15) is 0 Å². The number of guanidine groups is 1. The molecule has 2 aromatic carbocycles. The molecule has 1 aromatic heterocycles. The minimum absolute atomic E-state index is 0.0746. The summed E-state index contributed by atoms with van der Waals surface area (Å²) in [6.07, 6.45) is 5.12. The van der Waals surface area contributed by atoms with E-state index < -0.39 is 5.54 Å². The normalized spacial score (nSPS) is 21.5. The standard InChI is InChI=1S/C23H20ClN3O2/c24-20-6-2-4-17(12-20)16-3-1-5-19(11-16)23(18-7-8-18)21(28)27(22(25)26-23)13-15-9-10-29-14-15/h1-6,9-12,14,18H,7-8,13H2,(H2,25,26). The van der Waals surface area contributed by atoms with E-state index in [0.29, 0.717) is 11.6 Å². The van der Waals surface area contributed by atoms with E-state index in [9.17, 15) is 4.79 Å². The van der Waals surface area contributed by atoms with Crippen LogP contribution in [0.2, 0.25) is 5.02 Å². The van der Waals surface area contributed by atoms with E-state index >= 15 is 0 Å². The summed E-state index contributed by atoms with van der Waals surface area (Å²) in [6.45, 7) is 0.323. The molecular formula is C23H20ClN3O2. The van der Waals surface area contributed by atoms with Gasteiger partial charge < -0.3 is 9.73 Å². The van der Waals surface area contributed by atoms with Gasteiger partial charge in [0.1, 0.15) is 5.54 Å². The van der Waals surface area contributed by atoms with Gasteiger partial charge in [-0.15, -0.1) is 0 Å². The molecule has 146 valence electrons. The number of nitrogens with one attached hydrogen (secondary N) is 2. The molecule has 1 aliphatic heterocycles. The minimum atomic E-state index is -0.893. The van der Waals surface area contributed by atoms with Crippen LogP contribution in [0.15, 0.2) is 71.5 Å². The third-order valence-corrected chi connectivity index (χ3v) is 5.99. The molecule has 0 radical (unpaired) electrons. The van der Waals surface area contributed by atoms with Crippen LogP contribution in [0.4, 0.5) is 0 Å². The molecule has 1 saturated heterocycles. The van der Waals surface area contributed by atoms with Crippen LogP contribution in [0, 0.1) is 11.3 Å². The first kappa shape index (κ1) is 18.0. The zero-order chi connectivity index (χ0) is 20.0. The first-order valence-electron chi connectivity index (χ1n) is 9.64. The minimum Gasteiger partial charge on any atom is -0.472 e. The van der Waals surface area contributed by atoms with Crippen LogP contribution in [0.3, 0.4) is 0 Å². The van der Waals surface area contributed by atoms with E-state index in [1.165, 1.54) is 4.90 Å². The highest BCUT2D eigenvalue weighted by molar-refractivity contribution is 6.30. The predicted molar refractivity (Wildman–Crippen MR) is 111 cm³/mol. The number of hydrogen-bond donors (Lipinski definition) is 2. The maximum Gasteiger partial charge on any atom is 0.260 e. The molecule has 1 amide bonds. The van der Waals surface area contributed by atoms with Crippen LogP contribution in [-0.4, -0.2) is 16.8 Å². The topological polar surface area (TPSA) is 69.3 Å². The largest absolute Gasteiger partial charge is 0.472 e. The summed E-state index contributed by atoms with van der Waals surface area (Å²) in [6, 6.07) is 17.5. The fourth-order valence-corrected chi connectivity index (χ4v) is 4.36. The molecular weight excluding hydrogens is 386 g/mol. The van der Waals surface area contributed by atoms with Gasteiger partial charge in [0, 0.05) is 10.6 Å². The summed E-state index contributed by atoms with van der Waals surface area (Å²) < 4.78 is 5.13. The van der Waals surface area contributed by atoms with E-state index in [0.717, 1.165) is 35.1 Å². The summed E-state index contributed by atoms with van der Waals surface area (Å²) >= 11 is 6.17. The van der Waals surface area contributed by atoms with Crippen LogP contribution in [0.1, 0.15) is 24.0 Å². The quantitative estimate of drug-likeness (QED) is 0.642. The molecule has 1 atom stereocenters. The molecule has 2 fully saturated rings. The molecule has 1 unspecified atom stereocenters. The second-order valence-corrected chi connectivity index (χ2v) is 8.11. The number of amides is 1. The van der Waals surface area contributed by atoms with Gasteiger partial charge in [0.15, 0.2) is 5.96 Å². The highest BCUT2D eigenvalue weighted by Crippen LogP contribution is 2.49. The Balaban J connectivity index is 1.55. The van der Waals surface area contributed by atoms with Crippen molar-refractivity contribution in [1.82, 2.24) is 10.2 Å². The maximum atomic E-state index is 13.6. The van der Waals surface area contributed by atoms with Crippen LogP contribution < -0.4 is 5.32 Å². The van der Waals surface area contributed by atoms with Crippen LogP contribution in [0.5, 0.6) is 0 Å². The van der Waals surface area contributed by atoms with Crippen molar-refractivity contribution in [3.8, 4) is 11.1 Å². The lowest BCUT2D eigenvalue weighted by molar-refractivity contribution is -0.132. The second kappa shape index (κ2) is 6.78. The summed E-state index contributed by atoms with van der Waals surface area (Å²) in [4.78, 5) is 15.1. The number of nitrogens with zero attached hydrogens (tertiary/aromatic N) is 1. The first-order valence-corrected chi connectivity index (χ1v) is 10.0. The van der Waals surface area contributed by atoms with Crippen molar-refractivity contribution in [2.24, 2.45) is 5.92 Å². The molecule has 0 bridgehead atoms. The summed E-state index contributed by atoms with van der Waals surface area (Å²) in [5.74, 6) is 0.241. The molecule has 6 heteroatoms. The van der Waals surface area contributed by atoms with Gasteiger partial charge in [-0.1, -0.05) is 41.9 Å². The van der Waals surface area contributed by atoms with Crippen molar-refractivity contribution < 1.29 is 9.21 Å². The van der Waals surface area contributed by atoms with E-state index in [-0.39, 0.29) is 17.8 Å². The Bertz CT molecular complexity index is 1090. The highest BCUT2D eigenvalue weighted by Gasteiger charge is 2.59. The molecule has 2 N–H and O–H groups in total. The first-order chi connectivity index (χ1) is 14.1. The number of furan rings is 1. The van der Waals surface area contributed by atoms with E-state index in [4.69, 9.17) is 21.4 Å². The molecule has 1 saturated carbocycles. The summed E-state index contributed by atoms with van der Waals surface area (Å²) in [7, 11) is 0. The Hall–Kier alpha value is -3.05. The molecule has 3 aromatic rings. The Morgan fingerprint density at radius 3 is 2.59 bits per heavy atom. The molecule has 5 nitrogen and oxygen atoms in total. The Kier molecular flexibility index (Phi) is 4.21. The summed E-state index contributed by atoms with van der Waals surface area (Å²) in [5.41, 5.74) is 2.86. The highest BCUT2D eigenvalue weighted by atomic mass is 35.5. The van der Waals surface area contributed by atoms with Crippen molar-refractivity contribution in [3.05, 3.63) is 83.3 Å². The van der Waals surface area contributed by atoms with Crippen molar-refractivity contribution in [3.63, 3.8) is 0 Å². The fourth-order valence-electron chi connectivity index (χ4n) is 4.17. The second-order valence-electron chi connectivity index (χ2n) is 7.67.